The van der Waals surface area contributed by atoms with Gasteiger partial charge in [-0.1, -0.05) is 90.5 Å². The van der Waals surface area contributed by atoms with Gasteiger partial charge in [0.25, 0.3) is 0 Å². The molecule has 0 unspecified atom stereocenters. The summed E-state index contributed by atoms with van der Waals surface area (Å²) in [4.78, 5) is 4.67. The third kappa shape index (κ3) is 10.3. The number of nitrogens with zero attached hydrogens (tertiary/aromatic N) is 1. The summed E-state index contributed by atoms with van der Waals surface area (Å²) in [5, 5.41) is 0. The van der Waals surface area contributed by atoms with Crippen LogP contribution in [0.15, 0.2) is 42.6 Å². The number of aromatic nitrogens is 1. The normalized spacial score (nSPS) is 18.0. The van der Waals surface area contributed by atoms with Crippen molar-refractivity contribution in [2.24, 2.45) is 5.92 Å². The summed E-state index contributed by atoms with van der Waals surface area (Å²) in [6, 6.07) is 12.4. The van der Waals surface area contributed by atoms with E-state index in [2.05, 4.69) is 43.1 Å². The van der Waals surface area contributed by atoms with Crippen LogP contribution in [0.2, 0.25) is 0 Å². The summed E-state index contributed by atoms with van der Waals surface area (Å²) in [6.45, 7) is 6.87. The van der Waals surface area contributed by atoms with Crippen LogP contribution >= 0.6 is 0 Å². The quantitative estimate of drug-likeness (QED) is 0.211. The third-order valence-electron chi connectivity index (χ3n) is 6.91. The number of rotatable bonds is 17. The monoisotopic (exact) mass is 481 g/mol. The van der Waals surface area contributed by atoms with Gasteiger partial charge in [-0.2, -0.15) is 0 Å². The van der Waals surface area contributed by atoms with Crippen LogP contribution in [0.5, 0.6) is 5.75 Å². The molecule has 0 aliphatic carbocycles. The van der Waals surface area contributed by atoms with Crippen LogP contribution in [-0.2, 0) is 9.47 Å². The van der Waals surface area contributed by atoms with Crippen molar-refractivity contribution in [3.63, 3.8) is 0 Å². The topological polar surface area (TPSA) is 40.6 Å². The van der Waals surface area contributed by atoms with Crippen LogP contribution in [-0.4, -0.2) is 24.8 Å². The van der Waals surface area contributed by atoms with Crippen molar-refractivity contribution in [3.05, 3.63) is 48.2 Å². The molecular weight excluding hydrogens is 434 g/mol. The van der Waals surface area contributed by atoms with E-state index in [9.17, 15) is 0 Å². The van der Waals surface area contributed by atoms with Crippen LogP contribution in [0.1, 0.15) is 109 Å². The minimum atomic E-state index is -0.296. The van der Waals surface area contributed by atoms with Gasteiger partial charge in [0.2, 0.25) is 0 Å². The molecule has 2 aromatic rings. The Bertz CT molecular complexity index is 782. The first-order chi connectivity index (χ1) is 17.3. The largest absolute Gasteiger partial charge is 0.494 e. The minimum Gasteiger partial charge on any atom is -0.494 e. The first-order valence-electron chi connectivity index (χ1n) is 14.2. The van der Waals surface area contributed by atoms with Crippen LogP contribution < -0.4 is 4.74 Å². The van der Waals surface area contributed by atoms with Crippen molar-refractivity contribution in [3.8, 4) is 17.0 Å². The molecule has 0 saturated carbocycles. The van der Waals surface area contributed by atoms with Gasteiger partial charge in [0.1, 0.15) is 5.75 Å². The summed E-state index contributed by atoms with van der Waals surface area (Å²) in [5.41, 5.74) is 3.03. The van der Waals surface area contributed by atoms with E-state index in [0.717, 1.165) is 48.8 Å². The molecule has 1 aliphatic heterocycles. The summed E-state index contributed by atoms with van der Waals surface area (Å²) in [5.74, 6) is 1.45. The highest BCUT2D eigenvalue weighted by atomic mass is 16.7. The number of unbranched alkanes of at least 4 members (excludes halogenated alkanes) is 10. The molecule has 1 aromatic heterocycles. The highest BCUT2D eigenvalue weighted by molar-refractivity contribution is 5.60. The van der Waals surface area contributed by atoms with Crippen LogP contribution in [0.3, 0.4) is 0 Å². The van der Waals surface area contributed by atoms with Crippen molar-refractivity contribution in [2.75, 3.05) is 19.8 Å². The Morgan fingerprint density at radius 2 is 1.37 bits per heavy atom. The lowest BCUT2D eigenvalue weighted by molar-refractivity contribution is -0.206. The zero-order chi connectivity index (χ0) is 24.6. The second-order valence-corrected chi connectivity index (χ2v) is 10.0. The molecule has 0 spiro atoms. The molecular formula is C31H47NO3. The second kappa shape index (κ2) is 16.7. The first-order valence-corrected chi connectivity index (χ1v) is 14.2. The van der Waals surface area contributed by atoms with Gasteiger partial charge < -0.3 is 14.2 Å². The number of benzene rings is 1. The minimum absolute atomic E-state index is 0.296. The molecule has 1 aromatic carbocycles. The SMILES string of the molecule is CCCCCCCCCOc1ccc(-c2ccc(C3OCC(CCCCCCC)CO3)cn2)cc1. The third-order valence-corrected chi connectivity index (χ3v) is 6.91. The van der Waals surface area contributed by atoms with Gasteiger partial charge >= 0.3 is 0 Å². The maximum Gasteiger partial charge on any atom is 0.185 e. The molecule has 1 saturated heterocycles. The predicted molar refractivity (Wildman–Crippen MR) is 145 cm³/mol. The molecule has 4 nitrogen and oxygen atoms in total. The molecule has 3 rings (SSSR count). The Morgan fingerprint density at radius 3 is 2.00 bits per heavy atom. The zero-order valence-electron chi connectivity index (χ0n) is 22.2. The van der Waals surface area contributed by atoms with Gasteiger partial charge in [-0.15, -0.1) is 0 Å². The maximum atomic E-state index is 6.02. The fourth-order valence-electron chi connectivity index (χ4n) is 4.63. The van der Waals surface area contributed by atoms with E-state index < -0.39 is 0 Å². The Morgan fingerprint density at radius 1 is 0.743 bits per heavy atom. The van der Waals surface area contributed by atoms with E-state index in [0.29, 0.717) is 5.92 Å². The van der Waals surface area contributed by atoms with Crippen molar-refractivity contribution in [1.82, 2.24) is 4.98 Å². The Labute approximate surface area is 213 Å². The summed E-state index contributed by atoms with van der Waals surface area (Å²) in [7, 11) is 0. The molecule has 0 bridgehead atoms. The number of ether oxygens (including phenoxy) is 3. The van der Waals surface area contributed by atoms with E-state index >= 15 is 0 Å². The van der Waals surface area contributed by atoms with Gasteiger partial charge in [0.15, 0.2) is 6.29 Å². The zero-order valence-corrected chi connectivity index (χ0v) is 22.2. The molecule has 0 radical (unpaired) electrons. The van der Waals surface area contributed by atoms with Crippen LogP contribution in [0.4, 0.5) is 0 Å². The molecule has 4 heteroatoms. The van der Waals surface area contributed by atoms with Gasteiger partial charge in [-0.3, -0.25) is 4.98 Å². The van der Waals surface area contributed by atoms with E-state index in [1.54, 1.807) is 0 Å². The van der Waals surface area contributed by atoms with Gasteiger partial charge in [-0.05, 0) is 43.2 Å². The van der Waals surface area contributed by atoms with Crippen molar-refractivity contribution in [1.29, 1.82) is 0 Å². The number of hydrogen-bond donors (Lipinski definition) is 0. The van der Waals surface area contributed by atoms with Crippen molar-refractivity contribution >= 4 is 0 Å². The lowest BCUT2D eigenvalue weighted by atomic mass is 10.0. The van der Waals surface area contributed by atoms with Crippen LogP contribution in [0.25, 0.3) is 11.3 Å². The van der Waals surface area contributed by atoms with Crippen LogP contribution in [0, 0.1) is 5.92 Å². The molecule has 0 amide bonds. The summed E-state index contributed by atoms with van der Waals surface area (Å²) < 4.78 is 18.0. The molecule has 2 heterocycles. The van der Waals surface area contributed by atoms with Gasteiger partial charge in [0, 0.05) is 23.2 Å². The maximum absolute atomic E-state index is 6.02. The van der Waals surface area contributed by atoms with Crippen molar-refractivity contribution in [2.45, 2.75) is 104 Å². The molecule has 194 valence electrons. The predicted octanol–water partition coefficient (Wildman–Crippen LogP) is 8.90. The Kier molecular flexibility index (Phi) is 13.2. The number of pyridine rings is 1. The van der Waals surface area contributed by atoms with E-state index in [1.807, 2.05) is 18.3 Å². The standard InChI is InChI=1S/C31H47NO3/c1-3-5-7-9-10-12-14-22-33-29-19-16-27(17-20-29)30-21-18-28(23-32-30)31-34-24-26(25-35-31)15-13-11-8-6-4-2/h16-21,23,26,31H,3-15,22,24-25H2,1-2H3. The second-order valence-electron chi connectivity index (χ2n) is 10.0. The first kappa shape index (κ1) is 27.7. The molecule has 0 N–H and O–H groups in total. The summed E-state index contributed by atoms with van der Waals surface area (Å²) in [6.07, 6.45) is 18.5. The lowest BCUT2D eigenvalue weighted by Gasteiger charge is -2.29. The Hall–Kier alpha value is -1.91. The molecule has 1 aliphatic rings. The molecule has 1 fully saturated rings. The highest BCUT2D eigenvalue weighted by Crippen LogP contribution is 2.28. The average Bonchev–Trinajstić information content (AvgIpc) is 2.91. The summed E-state index contributed by atoms with van der Waals surface area (Å²) >= 11 is 0. The van der Waals surface area contributed by atoms with Gasteiger partial charge in [0.05, 0.1) is 25.5 Å². The van der Waals surface area contributed by atoms with E-state index in [1.165, 1.54) is 77.0 Å². The van der Waals surface area contributed by atoms with Crippen molar-refractivity contribution < 1.29 is 14.2 Å². The lowest BCUT2D eigenvalue weighted by Crippen LogP contribution is -2.27. The number of hydrogen-bond acceptors (Lipinski definition) is 4. The highest BCUT2D eigenvalue weighted by Gasteiger charge is 2.23. The fourth-order valence-corrected chi connectivity index (χ4v) is 4.63. The Balaban J connectivity index is 1.35. The molecule has 0 atom stereocenters. The fraction of sp³-hybridized carbons (Fsp3) is 0.645. The smallest absolute Gasteiger partial charge is 0.185 e. The average molecular weight is 482 g/mol. The van der Waals surface area contributed by atoms with Gasteiger partial charge in [-0.25, -0.2) is 0 Å². The van der Waals surface area contributed by atoms with E-state index in [-0.39, 0.29) is 6.29 Å². The van der Waals surface area contributed by atoms with E-state index in [4.69, 9.17) is 14.2 Å². The molecule has 35 heavy (non-hydrogen) atoms.